The van der Waals surface area contributed by atoms with Crippen LogP contribution in [-0.4, -0.2) is 10.2 Å². The molecule has 0 fully saturated rings. The monoisotopic (exact) mass is 379 g/mol. The number of nitrogens with one attached hydrogen (secondary N) is 2. The summed E-state index contributed by atoms with van der Waals surface area (Å²) in [4.78, 5) is 10.3. The van der Waals surface area contributed by atoms with Gasteiger partial charge < -0.3 is 9.15 Å². The maximum absolute atomic E-state index is 10.3. The molecule has 3 aromatic rings. The smallest absolute Gasteiger partial charge is 0.334 e. The number of hydrogen-bond donors (Lipinski definition) is 2. The van der Waals surface area contributed by atoms with Crippen molar-refractivity contribution < 1.29 is 9.15 Å². The van der Waals surface area contributed by atoms with Gasteiger partial charge in [-0.05, 0) is 47.6 Å². The molecular formula is C15H11Cl2N5O3. The molecule has 0 amide bonds. The lowest BCUT2D eigenvalue weighted by molar-refractivity contribution is 0.265. The van der Waals surface area contributed by atoms with E-state index in [1.807, 2.05) is 0 Å². The van der Waals surface area contributed by atoms with E-state index in [9.17, 15) is 4.91 Å². The Kier molecular flexibility index (Phi) is 5.32. The molecule has 2 N–H and O–H groups in total. The Morgan fingerprint density at radius 2 is 1.84 bits per heavy atom. The quantitative estimate of drug-likeness (QED) is 0.449. The van der Waals surface area contributed by atoms with Crippen LogP contribution in [0.25, 0.3) is 0 Å². The van der Waals surface area contributed by atoms with E-state index in [2.05, 4.69) is 26.2 Å². The summed E-state index contributed by atoms with van der Waals surface area (Å²) in [7, 11) is 0. The Morgan fingerprint density at radius 3 is 2.56 bits per heavy atom. The molecular weight excluding hydrogens is 369 g/mol. The SMILES string of the molecule is O=Nc1ccc(OCc2nnc(NNc3ccc(Cl)c(Cl)c3)o2)cc1. The number of hydrogen-bond acceptors (Lipinski definition) is 8. The largest absolute Gasteiger partial charge is 0.484 e. The molecule has 0 bridgehead atoms. The fourth-order valence-electron chi connectivity index (χ4n) is 1.81. The summed E-state index contributed by atoms with van der Waals surface area (Å²) in [6.07, 6.45) is 0. The molecule has 2 aromatic carbocycles. The molecule has 0 aliphatic carbocycles. The van der Waals surface area contributed by atoms with E-state index in [1.165, 1.54) is 0 Å². The van der Waals surface area contributed by atoms with Gasteiger partial charge >= 0.3 is 6.01 Å². The van der Waals surface area contributed by atoms with Crippen molar-refractivity contribution in [2.75, 3.05) is 10.9 Å². The average Bonchev–Trinajstić information content (AvgIpc) is 3.09. The fraction of sp³-hybridized carbons (Fsp3) is 0.0667. The first kappa shape index (κ1) is 17.0. The second-order valence-electron chi connectivity index (χ2n) is 4.75. The van der Waals surface area contributed by atoms with Crippen LogP contribution in [0.1, 0.15) is 5.89 Å². The minimum atomic E-state index is 0.0787. The zero-order valence-corrected chi connectivity index (χ0v) is 14.1. The van der Waals surface area contributed by atoms with Gasteiger partial charge in [0, 0.05) is 0 Å². The lowest BCUT2D eigenvalue weighted by atomic mass is 10.3. The molecule has 10 heteroatoms. The molecule has 0 aliphatic heterocycles. The van der Waals surface area contributed by atoms with Crippen LogP contribution in [0, 0.1) is 4.91 Å². The minimum absolute atomic E-state index is 0.0787. The van der Waals surface area contributed by atoms with Crippen LogP contribution < -0.4 is 15.6 Å². The fourth-order valence-corrected chi connectivity index (χ4v) is 2.11. The third kappa shape index (κ3) is 4.59. The molecule has 8 nitrogen and oxygen atoms in total. The Balaban J connectivity index is 1.52. The van der Waals surface area contributed by atoms with Crippen molar-refractivity contribution in [3.05, 3.63) is 63.3 Å². The third-order valence-corrected chi connectivity index (χ3v) is 3.74. The van der Waals surface area contributed by atoms with Crippen molar-refractivity contribution >= 4 is 40.6 Å². The number of ether oxygens (including phenoxy) is 1. The van der Waals surface area contributed by atoms with Crippen LogP contribution in [0.15, 0.2) is 52.1 Å². The molecule has 1 aromatic heterocycles. The van der Waals surface area contributed by atoms with Gasteiger partial charge in [0.15, 0.2) is 6.61 Å². The van der Waals surface area contributed by atoms with E-state index in [1.54, 1.807) is 42.5 Å². The molecule has 25 heavy (non-hydrogen) atoms. The summed E-state index contributed by atoms with van der Waals surface area (Å²) in [6, 6.07) is 11.5. The zero-order chi connectivity index (χ0) is 17.6. The maximum atomic E-state index is 10.3. The molecule has 0 unspecified atom stereocenters. The summed E-state index contributed by atoms with van der Waals surface area (Å²) < 4.78 is 10.9. The molecule has 128 valence electrons. The van der Waals surface area contributed by atoms with Gasteiger partial charge in [-0.25, -0.2) is 0 Å². The van der Waals surface area contributed by atoms with Crippen LogP contribution in [0.5, 0.6) is 5.75 Å². The third-order valence-electron chi connectivity index (χ3n) is 3.00. The van der Waals surface area contributed by atoms with Crippen molar-refractivity contribution in [3.63, 3.8) is 0 Å². The molecule has 0 saturated heterocycles. The van der Waals surface area contributed by atoms with Crippen molar-refractivity contribution in [3.8, 4) is 5.75 Å². The first-order chi connectivity index (χ1) is 12.1. The number of hydrazine groups is 1. The van der Waals surface area contributed by atoms with Gasteiger partial charge in [0.25, 0.3) is 5.89 Å². The molecule has 0 aliphatic rings. The lowest BCUT2D eigenvalue weighted by Crippen LogP contribution is -2.08. The Labute approximate surface area is 152 Å². The van der Waals surface area contributed by atoms with Crippen LogP contribution in [-0.2, 0) is 6.61 Å². The molecule has 0 radical (unpaired) electrons. The van der Waals surface area contributed by atoms with E-state index in [0.29, 0.717) is 27.2 Å². The normalized spacial score (nSPS) is 10.3. The zero-order valence-electron chi connectivity index (χ0n) is 12.6. The highest BCUT2D eigenvalue weighted by Crippen LogP contribution is 2.25. The van der Waals surface area contributed by atoms with Gasteiger partial charge in [-0.2, -0.15) is 0 Å². The lowest BCUT2D eigenvalue weighted by Gasteiger charge is -2.06. The summed E-state index contributed by atoms with van der Waals surface area (Å²) in [5, 5.41) is 11.4. The number of nitrogens with zero attached hydrogens (tertiary/aromatic N) is 3. The summed E-state index contributed by atoms with van der Waals surface area (Å²) in [5.74, 6) is 0.824. The number of aromatic nitrogens is 2. The highest BCUT2D eigenvalue weighted by atomic mass is 35.5. The van der Waals surface area contributed by atoms with Crippen molar-refractivity contribution in [2.45, 2.75) is 6.61 Å². The summed E-state index contributed by atoms with van der Waals surface area (Å²) in [6.45, 7) is 0.0787. The van der Waals surface area contributed by atoms with E-state index < -0.39 is 0 Å². The van der Waals surface area contributed by atoms with Crippen LogP contribution >= 0.6 is 23.2 Å². The predicted molar refractivity (Wildman–Crippen MR) is 94.2 cm³/mol. The Hall–Kier alpha value is -2.84. The van der Waals surface area contributed by atoms with E-state index in [-0.39, 0.29) is 18.5 Å². The summed E-state index contributed by atoms with van der Waals surface area (Å²) >= 11 is 11.8. The molecule has 1 heterocycles. The number of benzene rings is 2. The van der Waals surface area contributed by atoms with E-state index in [0.717, 1.165) is 0 Å². The van der Waals surface area contributed by atoms with Crippen molar-refractivity contribution in [2.24, 2.45) is 5.18 Å². The number of rotatable bonds is 7. The number of halogens is 2. The van der Waals surface area contributed by atoms with Crippen molar-refractivity contribution in [1.82, 2.24) is 10.2 Å². The topological polar surface area (TPSA) is 102 Å². The second kappa shape index (κ2) is 7.82. The first-order valence-corrected chi connectivity index (χ1v) is 7.75. The van der Waals surface area contributed by atoms with Crippen LogP contribution in [0.3, 0.4) is 0 Å². The van der Waals surface area contributed by atoms with Gasteiger partial charge in [-0.15, -0.1) is 10.0 Å². The molecule has 3 rings (SSSR count). The molecule has 0 spiro atoms. The number of anilines is 2. The highest BCUT2D eigenvalue weighted by Gasteiger charge is 2.07. The predicted octanol–water partition coefficient (Wildman–Crippen LogP) is 4.79. The maximum Gasteiger partial charge on any atom is 0.334 e. The minimum Gasteiger partial charge on any atom is -0.484 e. The summed E-state index contributed by atoms with van der Waals surface area (Å²) in [5.41, 5.74) is 6.60. The van der Waals surface area contributed by atoms with Gasteiger partial charge in [-0.3, -0.25) is 10.9 Å². The van der Waals surface area contributed by atoms with Crippen LogP contribution in [0.2, 0.25) is 10.0 Å². The Morgan fingerprint density at radius 1 is 1.04 bits per heavy atom. The Bertz CT molecular complexity index is 870. The van der Waals surface area contributed by atoms with E-state index in [4.69, 9.17) is 32.4 Å². The average molecular weight is 380 g/mol. The molecule has 0 atom stereocenters. The van der Waals surface area contributed by atoms with Gasteiger partial charge in [-0.1, -0.05) is 28.3 Å². The van der Waals surface area contributed by atoms with E-state index >= 15 is 0 Å². The standard InChI is InChI=1S/C15H11Cl2N5O3/c16-12-6-3-10(7-13(12)17)18-20-15-21-19-14(25-15)8-24-11-4-1-9(22-23)2-5-11/h1-7,18H,8H2,(H,20,21). The van der Waals surface area contributed by atoms with Crippen LogP contribution in [0.4, 0.5) is 17.4 Å². The van der Waals surface area contributed by atoms with Crippen molar-refractivity contribution in [1.29, 1.82) is 0 Å². The van der Waals surface area contributed by atoms with Gasteiger partial charge in [0.05, 0.1) is 15.7 Å². The molecule has 0 saturated carbocycles. The van der Waals surface area contributed by atoms with Gasteiger partial charge in [0.2, 0.25) is 0 Å². The number of nitroso groups, excluding NO2 is 1. The highest BCUT2D eigenvalue weighted by molar-refractivity contribution is 6.42. The first-order valence-electron chi connectivity index (χ1n) is 7.00. The van der Waals surface area contributed by atoms with Gasteiger partial charge in [0.1, 0.15) is 11.4 Å². The second-order valence-corrected chi connectivity index (χ2v) is 5.57.